The lowest BCUT2D eigenvalue weighted by atomic mass is 10.2. The number of halogens is 4. The number of hydrogen-bond donors (Lipinski definition) is 0. The number of hydrogen-bond acceptors (Lipinski definition) is 2. The predicted octanol–water partition coefficient (Wildman–Crippen LogP) is 4.11. The molecule has 7 heteroatoms. The third kappa shape index (κ3) is 4.14. The Balaban J connectivity index is 1.93. The maximum atomic E-state index is 13.0. The van der Waals surface area contributed by atoms with E-state index in [1.54, 1.807) is 12.1 Å². The first-order valence-electron chi connectivity index (χ1n) is 6.38. The highest BCUT2D eigenvalue weighted by Crippen LogP contribution is 2.32. The standard InChI is InChI=1S/C14H14ClF3N2O/c15-9-11-10-19-20(13(11)14(16,17)18)7-4-8-21-12-5-2-1-3-6-12/h1-3,5-6,10H,4,7-9H2. The summed E-state index contributed by atoms with van der Waals surface area (Å²) in [6, 6.07) is 9.11. The minimum atomic E-state index is -4.46. The summed E-state index contributed by atoms with van der Waals surface area (Å²) in [6.07, 6.45) is -2.88. The fraction of sp³-hybridized carbons (Fsp3) is 0.357. The highest BCUT2D eigenvalue weighted by Gasteiger charge is 2.37. The van der Waals surface area contributed by atoms with Crippen molar-refractivity contribution in [2.24, 2.45) is 0 Å². The summed E-state index contributed by atoms with van der Waals surface area (Å²) in [5.41, 5.74) is -0.787. The Morgan fingerprint density at radius 3 is 2.52 bits per heavy atom. The van der Waals surface area contributed by atoms with Crippen molar-refractivity contribution >= 4 is 11.6 Å². The minimum absolute atomic E-state index is 0.00635. The average Bonchev–Trinajstić information content (AvgIpc) is 2.88. The maximum absolute atomic E-state index is 13.0. The van der Waals surface area contributed by atoms with Gasteiger partial charge >= 0.3 is 6.18 Å². The van der Waals surface area contributed by atoms with Gasteiger partial charge in [-0.25, -0.2) is 0 Å². The van der Waals surface area contributed by atoms with E-state index in [1.807, 2.05) is 18.2 Å². The smallest absolute Gasteiger partial charge is 0.433 e. The van der Waals surface area contributed by atoms with E-state index in [-0.39, 0.29) is 18.0 Å². The molecule has 1 aromatic heterocycles. The van der Waals surface area contributed by atoms with Gasteiger partial charge in [0.05, 0.1) is 18.7 Å². The van der Waals surface area contributed by atoms with E-state index in [2.05, 4.69) is 5.10 Å². The normalized spacial score (nSPS) is 11.6. The van der Waals surface area contributed by atoms with Gasteiger partial charge in [-0.15, -0.1) is 11.6 Å². The van der Waals surface area contributed by atoms with Crippen molar-refractivity contribution in [1.82, 2.24) is 9.78 Å². The van der Waals surface area contributed by atoms with E-state index in [4.69, 9.17) is 16.3 Å². The summed E-state index contributed by atoms with van der Waals surface area (Å²) >= 11 is 5.51. The summed E-state index contributed by atoms with van der Waals surface area (Å²) < 4.78 is 45.2. The zero-order chi connectivity index (χ0) is 15.3. The number of nitrogens with zero attached hydrogens (tertiary/aromatic N) is 2. The lowest BCUT2D eigenvalue weighted by Gasteiger charge is -2.12. The van der Waals surface area contributed by atoms with Crippen LogP contribution in [0.4, 0.5) is 13.2 Å². The van der Waals surface area contributed by atoms with Crippen LogP contribution in [0.2, 0.25) is 0 Å². The number of rotatable bonds is 6. The first-order chi connectivity index (χ1) is 10.0. The van der Waals surface area contributed by atoms with Gasteiger partial charge in [0, 0.05) is 18.5 Å². The van der Waals surface area contributed by atoms with Gasteiger partial charge in [0.2, 0.25) is 0 Å². The molecule has 0 N–H and O–H groups in total. The topological polar surface area (TPSA) is 27.1 Å². The number of ether oxygens (including phenoxy) is 1. The van der Waals surface area contributed by atoms with Crippen LogP contribution in [0.5, 0.6) is 5.75 Å². The minimum Gasteiger partial charge on any atom is -0.494 e. The second kappa shape index (κ2) is 6.85. The Hall–Kier alpha value is -1.69. The summed E-state index contributed by atoms with van der Waals surface area (Å²) in [6.45, 7) is 0.440. The Kier molecular flexibility index (Phi) is 5.12. The van der Waals surface area contributed by atoms with Crippen molar-refractivity contribution < 1.29 is 17.9 Å². The molecular formula is C14H14ClF3N2O. The van der Waals surface area contributed by atoms with E-state index in [9.17, 15) is 13.2 Å². The molecule has 0 aliphatic heterocycles. The van der Waals surface area contributed by atoms with Crippen LogP contribution in [-0.4, -0.2) is 16.4 Å². The van der Waals surface area contributed by atoms with Crippen molar-refractivity contribution in [3.05, 3.63) is 47.8 Å². The number of aryl methyl sites for hydroxylation is 1. The molecular weight excluding hydrogens is 305 g/mol. The molecule has 0 saturated carbocycles. The molecule has 0 spiro atoms. The molecule has 114 valence electrons. The van der Waals surface area contributed by atoms with Gasteiger partial charge in [0.1, 0.15) is 11.4 Å². The van der Waals surface area contributed by atoms with Crippen LogP contribution in [0.25, 0.3) is 0 Å². The Morgan fingerprint density at radius 2 is 1.90 bits per heavy atom. The number of para-hydroxylation sites is 1. The molecule has 0 bridgehead atoms. The van der Waals surface area contributed by atoms with E-state index >= 15 is 0 Å². The molecule has 2 aromatic rings. The molecule has 1 aromatic carbocycles. The first-order valence-corrected chi connectivity index (χ1v) is 6.91. The fourth-order valence-electron chi connectivity index (χ4n) is 1.94. The van der Waals surface area contributed by atoms with Crippen LogP contribution < -0.4 is 4.74 Å². The van der Waals surface area contributed by atoms with Crippen LogP contribution in [0, 0.1) is 0 Å². The average molecular weight is 319 g/mol. The van der Waals surface area contributed by atoms with E-state index < -0.39 is 11.9 Å². The molecule has 0 fully saturated rings. The van der Waals surface area contributed by atoms with E-state index in [0.29, 0.717) is 18.8 Å². The summed E-state index contributed by atoms with van der Waals surface area (Å²) in [4.78, 5) is 0. The third-order valence-electron chi connectivity index (χ3n) is 2.85. The van der Waals surface area contributed by atoms with E-state index in [1.165, 1.54) is 0 Å². The van der Waals surface area contributed by atoms with Crippen molar-refractivity contribution in [1.29, 1.82) is 0 Å². The maximum Gasteiger partial charge on any atom is 0.433 e. The Morgan fingerprint density at radius 1 is 1.19 bits per heavy atom. The number of aromatic nitrogens is 2. The quantitative estimate of drug-likeness (QED) is 0.592. The van der Waals surface area contributed by atoms with Gasteiger partial charge in [-0.1, -0.05) is 18.2 Å². The SMILES string of the molecule is FC(F)(F)c1c(CCl)cnn1CCCOc1ccccc1. The van der Waals surface area contributed by atoms with Gasteiger partial charge in [-0.05, 0) is 12.1 Å². The van der Waals surface area contributed by atoms with Crippen molar-refractivity contribution in [3.8, 4) is 5.75 Å². The predicted molar refractivity (Wildman–Crippen MR) is 73.3 cm³/mol. The highest BCUT2D eigenvalue weighted by atomic mass is 35.5. The first kappa shape index (κ1) is 15.7. The molecule has 0 amide bonds. The molecule has 3 nitrogen and oxygen atoms in total. The fourth-order valence-corrected chi connectivity index (χ4v) is 2.14. The molecule has 0 atom stereocenters. The molecule has 0 unspecified atom stereocenters. The Labute approximate surface area is 125 Å². The molecule has 2 rings (SSSR count). The van der Waals surface area contributed by atoms with Crippen LogP contribution in [0.1, 0.15) is 17.7 Å². The monoisotopic (exact) mass is 318 g/mol. The van der Waals surface area contributed by atoms with Crippen LogP contribution >= 0.6 is 11.6 Å². The molecule has 0 radical (unpaired) electrons. The van der Waals surface area contributed by atoms with Gasteiger partial charge in [-0.3, -0.25) is 4.68 Å². The highest BCUT2D eigenvalue weighted by molar-refractivity contribution is 6.17. The summed E-state index contributed by atoms with van der Waals surface area (Å²) in [5.74, 6) is 0.477. The van der Waals surface area contributed by atoms with Crippen LogP contribution in [-0.2, 0) is 18.6 Å². The van der Waals surface area contributed by atoms with Gasteiger partial charge in [0.25, 0.3) is 0 Å². The summed E-state index contributed by atoms with van der Waals surface area (Å²) in [7, 11) is 0. The Bertz CT molecular complexity index is 569. The van der Waals surface area contributed by atoms with Crippen molar-refractivity contribution in [3.63, 3.8) is 0 Å². The second-order valence-electron chi connectivity index (χ2n) is 4.39. The third-order valence-corrected chi connectivity index (χ3v) is 3.14. The lowest BCUT2D eigenvalue weighted by molar-refractivity contribution is -0.144. The van der Waals surface area contributed by atoms with E-state index in [0.717, 1.165) is 10.9 Å². The largest absolute Gasteiger partial charge is 0.494 e. The van der Waals surface area contributed by atoms with Crippen LogP contribution in [0.3, 0.4) is 0 Å². The van der Waals surface area contributed by atoms with Crippen molar-refractivity contribution in [2.75, 3.05) is 6.61 Å². The zero-order valence-corrected chi connectivity index (χ0v) is 11.9. The summed E-state index contributed by atoms with van der Waals surface area (Å²) in [5, 5.41) is 3.75. The number of alkyl halides is 4. The molecule has 1 heterocycles. The molecule has 0 aliphatic carbocycles. The number of benzene rings is 1. The zero-order valence-electron chi connectivity index (χ0n) is 11.1. The van der Waals surface area contributed by atoms with Gasteiger partial charge in [-0.2, -0.15) is 18.3 Å². The van der Waals surface area contributed by atoms with Gasteiger partial charge < -0.3 is 4.74 Å². The van der Waals surface area contributed by atoms with Crippen molar-refractivity contribution in [2.45, 2.75) is 25.0 Å². The lowest BCUT2D eigenvalue weighted by Crippen LogP contribution is -2.17. The molecule has 21 heavy (non-hydrogen) atoms. The van der Waals surface area contributed by atoms with Gasteiger partial charge in [0.15, 0.2) is 0 Å². The molecule has 0 aliphatic rings. The second-order valence-corrected chi connectivity index (χ2v) is 4.66. The molecule has 0 saturated heterocycles. The van der Waals surface area contributed by atoms with Crippen LogP contribution in [0.15, 0.2) is 36.5 Å².